The van der Waals surface area contributed by atoms with Crippen molar-refractivity contribution >= 4 is 22.6 Å². The Morgan fingerprint density at radius 3 is 2.69 bits per heavy atom. The molecule has 0 radical (unpaired) electrons. The van der Waals surface area contributed by atoms with E-state index in [-0.39, 0.29) is 5.91 Å². The maximum absolute atomic E-state index is 12.7. The molecular formula is C23H22N4O2. The van der Waals surface area contributed by atoms with E-state index in [1.807, 2.05) is 54.1 Å². The van der Waals surface area contributed by atoms with Crippen molar-refractivity contribution in [2.45, 2.75) is 20.4 Å². The monoisotopic (exact) mass is 386 g/mol. The van der Waals surface area contributed by atoms with E-state index in [1.165, 1.54) is 11.1 Å². The summed E-state index contributed by atoms with van der Waals surface area (Å²) in [5.74, 6) is 0.432. The van der Waals surface area contributed by atoms with Gasteiger partial charge in [0.1, 0.15) is 11.3 Å². The first kappa shape index (κ1) is 18.7. The van der Waals surface area contributed by atoms with Crippen molar-refractivity contribution in [3.05, 3.63) is 83.4 Å². The molecule has 6 nitrogen and oxygen atoms in total. The van der Waals surface area contributed by atoms with Gasteiger partial charge in [0.2, 0.25) is 0 Å². The second-order valence-electron chi connectivity index (χ2n) is 6.76. The number of nitrogens with one attached hydrogen (secondary N) is 1. The average molecular weight is 386 g/mol. The number of nitrogens with zero attached hydrogens (tertiary/aromatic N) is 3. The molecule has 0 aliphatic heterocycles. The molecule has 4 rings (SSSR count). The van der Waals surface area contributed by atoms with E-state index in [0.717, 1.165) is 5.52 Å². The van der Waals surface area contributed by atoms with E-state index in [2.05, 4.69) is 34.7 Å². The van der Waals surface area contributed by atoms with Crippen LogP contribution in [0.4, 0.5) is 5.69 Å². The first-order chi connectivity index (χ1) is 14.2. The lowest BCUT2D eigenvalue weighted by Gasteiger charge is -2.11. The van der Waals surface area contributed by atoms with Crippen molar-refractivity contribution in [1.29, 1.82) is 0 Å². The van der Waals surface area contributed by atoms with E-state index >= 15 is 0 Å². The number of fused-ring (bicyclic) bond motifs is 1. The largest absolute Gasteiger partial charge is 0.492 e. The van der Waals surface area contributed by atoms with E-state index < -0.39 is 0 Å². The van der Waals surface area contributed by atoms with Crippen molar-refractivity contribution in [2.75, 3.05) is 11.9 Å². The molecule has 0 aliphatic rings. The molecule has 146 valence electrons. The Morgan fingerprint density at radius 1 is 1.07 bits per heavy atom. The van der Waals surface area contributed by atoms with Gasteiger partial charge in [0.15, 0.2) is 0 Å². The summed E-state index contributed by atoms with van der Waals surface area (Å²) < 4.78 is 7.42. The highest BCUT2D eigenvalue weighted by Gasteiger charge is 2.13. The summed E-state index contributed by atoms with van der Waals surface area (Å²) in [6, 6.07) is 21.0. The minimum absolute atomic E-state index is 0.215. The number of amides is 1. The summed E-state index contributed by atoms with van der Waals surface area (Å²) in [7, 11) is 0. The molecule has 0 fully saturated rings. The molecule has 0 saturated carbocycles. The Hall–Kier alpha value is -3.67. The van der Waals surface area contributed by atoms with Gasteiger partial charge in [0.05, 0.1) is 24.4 Å². The lowest BCUT2D eigenvalue weighted by molar-refractivity contribution is 0.102. The normalized spacial score (nSPS) is 10.8. The quantitative estimate of drug-likeness (QED) is 0.532. The first-order valence-electron chi connectivity index (χ1n) is 9.56. The molecule has 0 aliphatic carbocycles. The Balaban J connectivity index is 1.57. The highest BCUT2D eigenvalue weighted by Crippen LogP contribution is 2.25. The van der Waals surface area contributed by atoms with Crippen molar-refractivity contribution in [2.24, 2.45) is 0 Å². The van der Waals surface area contributed by atoms with Crippen LogP contribution in [0.25, 0.3) is 11.0 Å². The molecule has 1 heterocycles. The minimum atomic E-state index is -0.215. The molecule has 1 aromatic heterocycles. The van der Waals surface area contributed by atoms with E-state index in [1.54, 1.807) is 12.1 Å². The third-order valence-electron chi connectivity index (χ3n) is 4.79. The van der Waals surface area contributed by atoms with Gasteiger partial charge in [-0.15, -0.1) is 5.10 Å². The molecule has 0 atom stereocenters. The Morgan fingerprint density at radius 2 is 1.86 bits per heavy atom. The summed E-state index contributed by atoms with van der Waals surface area (Å²) in [4.78, 5) is 12.7. The van der Waals surface area contributed by atoms with E-state index in [9.17, 15) is 4.79 Å². The molecule has 4 aromatic rings. The summed E-state index contributed by atoms with van der Waals surface area (Å²) >= 11 is 0. The second-order valence-corrected chi connectivity index (χ2v) is 6.76. The van der Waals surface area contributed by atoms with Gasteiger partial charge in [-0.1, -0.05) is 41.6 Å². The van der Waals surface area contributed by atoms with Crippen LogP contribution in [-0.2, 0) is 6.54 Å². The van der Waals surface area contributed by atoms with Crippen LogP contribution < -0.4 is 10.1 Å². The fraction of sp³-hybridized carbons (Fsp3) is 0.174. The van der Waals surface area contributed by atoms with Crippen molar-refractivity contribution < 1.29 is 9.53 Å². The number of carbonyl (C=O) groups is 1. The first-order valence-corrected chi connectivity index (χ1v) is 9.56. The zero-order chi connectivity index (χ0) is 20.2. The van der Waals surface area contributed by atoms with E-state index in [0.29, 0.717) is 35.7 Å². The standard InChI is InChI=1S/C23H22N4O2/c1-3-29-22-11-7-6-10-19(22)24-23(28)17-12-13-21-20(14-17)25-26-27(21)15-18-9-5-4-8-16(18)2/h4-14H,3,15H2,1-2H3,(H,24,28). The number of aromatic nitrogens is 3. The second kappa shape index (κ2) is 8.14. The SMILES string of the molecule is CCOc1ccccc1NC(=O)c1ccc2c(c1)nnn2Cc1ccccc1C. The number of aryl methyl sites for hydroxylation is 1. The fourth-order valence-electron chi connectivity index (χ4n) is 3.22. The zero-order valence-corrected chi connectivity index (χ0v) is 16.4. The molecule has 0 spiro atoms. The summed E-state index contributed by atoms with van der Waals surface area (Å²) in [6.07, 6.45) is 0. The molecule has 3 aromatic carbocycles. The predicted molar refractivity (Wildman–Crippen MR) is 113 cm³/mol. The van der Waals surface area contributed by atoms with Crippen LogP contribution in [0.15, 0.2) is 66.7 Å². The van der Waals surface area contributed by atoms with Crippen LogP contribution in [-0.4, -0.2) is 27.5 Å². The smallest absolute Gasteiger partial charge is 0.255 e. The van der Waals surface area contributed by atoms with Crippen LogP contribution in [0.5, 0.6) is 5.75 Å². The predicted octanol–water partition coefficient (Wildman–Crippen LogP) is 4.44. The van der Waals surface area contributed by atoms with Gasteiger partial charge in [-0.3, -0.25) is 4.79 Å². The lowest BCUT2D eigenvalue weighted by Crippen LogP contribution is -2.13. The van der Waals surface area contributed by atoms with Crippen LogP contribution in [0.1, 0.15) is 28.4 Å². The van der Waals surface area contributed by atoms with Gasteiger partial charge < -0.3 is 10.1 Å². The number of hydrogen-bond donors (Lipinski definition) is 1. The van der Waals surface area contributed by atoms with E-state index in [4.69, 9.17) is 4.74 Å². The molecule has 0 unspecified atom stereocenters. The van der Waals surface area contributed by atoms with Gasteiger partial charge in [-0.25, -0.2) is 4.68 Å². The number of benzene rings is 3. The molecule has 29 heavy (non-hydrogen) atoms. The Kier molecular flexibility index (Phi) is 5.24. The average Bonchev–Trinajstić information content (AvgIpc) is 3.13. The molecule has 1 amide bonds. The third-order valence-corrected chi connectivity index (χ3v) is 4.79. The van der Waals surface area contributed by atoms with Crippen LogP contribution in [0, 0.1) is 6.92 Å². The Bertz CT molecular complexity index is 1170. The molecule has 6 heteroatoms. The molecular weight excluding hydrogens is 364 g/mol. The summed E-state index contributed by atoms with van der Waals surface area (Å²) in [6.45, 7) is 5.16. The number of hydrogen-bond acceptors (Lipinski definition) is 4. The third kappa shape index (κ3) is 3.96. The number of ether oxygens (including phenoxy) is 1. The van der Waals surface area contributed by atoms with Crippen LogP contribution >= 0.6 is 0 Å². The van der Waals surface area contributed by atoms with Crippen LogP contribution in [0.3, 0.4) is 0 Å². The maximum atomic E-state index is 12.7. The molecule has 0 bridgehead atoms. The number of para-hydroxylation sites is 2. The Labute approximate surface area is 169 Å². The van der Waals surface area contributed by atoms with Gasteiger partial charge in [0, 0.05) is 5.56 Å². The van der Waals surface area contributed by atoms with Crippen molar-refractivity contribution in [1.82, 2.24) is 15.0 Å². The van der Waals surface area contributed by atoms with Gasteiger partial charge in [-0.2, -0.15) is 0 Å². The topological polar surface area (TPSA) is 69.0 Å². The summed E-state index contributed by atoms with van der Waals surface area (Å²) in [5, 5.41) is 11.4. The summed E-state index contributed by atoms with van der Waals surface area (Å²) in [5.41, 5.74) is 5.13. The lowest BCUT2D eigenvalue weighted by atomic mass is 10.1. The number of anilines is 1. The maximum Gasteiger partial charge on any atom is 0.255 e. The van der Waals surface area contributed by atoms with Gasteiger partial charge in [-0.05, 0) is 55.3 Å². The zero-order valence-electron chi connectivity index (χ0n) is 16.4. The highest BCUT2D eigenvalue weighted by atomic mass is 16.5. The number of carbonyl (C=O) groups excluding carboxylic acids is 1. The molecule has 0 saturated heterocycles. The number of rotatable bonds is 6. The van der Waals surface area contributed by atoms with Crippen molar-refractivity contribution in [3.8, 4) is 5.75 Å². The fourth-order valence-corrected chi connectivity index (χ4v) is 3.22. The van der Waals surface area contributed by atoms with Crippen molar-refractivity contribution in [3.63, 3.8) is 0 Å². The van der Waals surface area contributed by atoms with Gasteiger partial charge in [0.25, 0.3) is 5.91 Å². The van der Waals surface area contributed by atoms with Gasteiger partial charge >= 0.3 is 0 Å². The molecule has 1 N–H and O–H groups in total. The minimum Gasteiger partial charge on any atom is -0.492 e. The van der Waals surface area contributed by atoms with Crippen LogP contribution in [0.2, 0.25) is 0 Å². The highest BCUT2D eigenvalue weighted by molar-refractivity contribution is 6.06.